The monoisotopic (exact) mass is 250 g/mol. The van der Waals surface area contributed by atoms with E-state index in [9.17, 15) is 0 Å². The van der Waals surface area contributed by atoms with Crippen molar-refractivity contribution in [3.63, 3.8) is 0 Å². The first kappa shape index (κ1) is 12.9. The van der Waals surface area contributed by atoms with Crippen molar-refractivity contribution in [2.24, 2.45) is 5.41 Å². The number of rotatable bonds is 3. The number of anilines is 2. The lowest BCUT2D eigenvalue weighted by Gasteiger charge is -2.35. The van der Waals surface area contributed by atoms with Crippen LogP contribution in [0.25, 0.3) is 0 Å². The van der Waals surface area contributed by atoms with Crippen molar-refractivity contribution in [1.29, 1.82) is 0 Å². The fraction of sp³-hybridized carbons (Fsp3) is 0.692. The van der Waals surface area contributed by atoms with E-state index >= 15 is 0 Å². The third kappa shape index (κ3) is 2.83. The predicted octanol–water partition coefficient (Wildman–Crippen LogP) is 2.45. The van der Waals surface area contributed by atoms with Crippen LogP contribution in [0.3, 0.4) is 0 Å². The van der Waals surface area contributed by atoms with Gasteiger partial charge in [0.1, 0.15) is 6.33 Å². The number of hydrogen-bond acceptors (Lipinski definition) is 5. The summed E-state index contributed by atoms with van der Waals surface area (Å²) in [5, 5.41) is 3.44. The summed E-state index contributed by atoms with van der Waals surface area (Å²) in [5.41, 5.74) is 6.16. The van der Waals surface area contributed by atoms with Crippen molar-refractivity contribution < 1.29 is 4.74 Å². The van der Waals surface area contributed by atoms with Crippen LogP contribution < -0.4 is 15.8 Å². The van der Waals surface area contributed by atoms with E-state index < -0.39 is 0 Å². The maximum Gasteiger partial charge on any atom is 0.203 e. The average molecular weight is 250 g/mol. The molecule has 0 bridgehead atoms. The smallest absolute Gasteiger partial charge is 0.203 e. The Morgan fingerprint density at radius 2 is 2.22 bits per heavy atom. The molecule has 1 aliphatic carbocycles. The van der Waals surface area contributed by atoms with Crippen LogP contribution in [0.5, 0.6) is 5.75 Å². The van der Waals surface area contributed by atoms with Crippen LogP contribution in [0, 0.1) is 5.41 Å². The highest BCUT2D eigenvalue weighted by Gasteiger charge is 2.28. The number of nitrogens with zero attached hydrogens (tertiary/aromatic N) is 2. The topological polar surface area (TPSA) is 73.1 Å². The van der Waals surface area contributed by atoms with Crippen molar-refractivity contribution in [3.05, 3.63) is 6.33 Å². The molecular formula is C13H22N4O. The van der Waals surface area contributed by atoms with Gasteiger partial charge in [-0.25, -0.2) is 9.97 Å². The van der Waals surface area contributed by atoms with Crippen molar-refractivity contribution in [1.82, 2.24) is 9.97 Å². The van der Waals surface area contributed by atoms with Gasteiger partial charge < -0.3 is 15.8 Å². The summed E-state index contributed by atoms with van der Waals surface area (Å²) in [7, 11) is 1.59. The number of hydrogen-bond donors (Lipinski definition) is 2. The molecular weight excluding hydrogens is 228 g/mol. The lowest BCUT2D eigenvalue weighted by Crippen LogP contribution is -2.32. The lowest BCUT2D eigenvalue weighted by atomic mass is 9.75. The van der Waals surface area contributed by atoms with Gasteiger partial charge in [-0.2, -0.15) is 0 Å². The molecule has 5 heteroatoms. The second kappa shape index (κ2) is 5.00. The fourth-order valence-electron chi connectivity index (χ4n) is 2.71. The molecule has 5 nitrogen and oxygen atoms in total. The average Bonchev–Trinajstić information content (AvgIpc) is 2.28. The number of nitrogens with two attached hydrogens (primary N) is 1. The van der Waals surface area contributed by atoms with Gasteiger partial charge >= 0.3 is 0 Å². The molecule has 0 aromatic carbocycles. The number of methoxy groups -OCH3 is 1. The molecule has 0 aliphatic heterocycles. The summed E-state index contributed by atoms with van der Waals surface area (Å²) >= 11 is 0. The lowest BCUT2D eigenvalue weighted by molar-refractivity contribution is 0.229. The Morgan fingerprint density at radius 1 is 1.44 bits per heavy atom. The fourth-order valence-corrected chi connectivity index (χ4v) is 2.71. The molecule has 0 amide bonds. The van der Waals surface area contributed by atoms with Gasteiger partial charge in [-0.05, 0) is 24.7 Å². The minimum absolute atomic E-state index is 0.380. The van der Waals surface area contributed by atoms with Crippen LogP contribution in [0.2, 0.25) is 0 Å². The summed E-state index contributed by atoms with van der Waals surface area (Å²) in [6.07, 6.45) is 6.30. The zero-order valence-corrected chi connectivity index (χ0v) is 11.4. The Morgan fingerprint density at radius 3 is 2.89 bits per heavy atom. The molecule has 1 atom stereocenters. The van der Waals surface area contributed by atoms with Gasteiger partial charge in [0.05, 0.1) is 7.11 Å². The van der Waals surface area contributed by atoms with Crippen LogP contribution in [0.4, 0.5) is 11.6 Å². The van der Waals surface area contributed by atoms with E-state index in [1.807, 2.05) is 0 Å². The highest BCUT2D eigenvalue weighted by Crippen LogP contribution is 2.37. The van der Waals surface area contributed by atoms with Gasteiger partial charge in [-0.15, -0.1) is 0 Å². The van der Waals surface area contributed by atoms with E-state index in [4.69, 9.17) is 10.5 Å². The molecule has 1 aromatic rings. The number of ether oxygens (including phenoxy) is 1. The Balaban J connectivity index is 2.12. The molecule has 1 heterocycles. The first-order valence-corrected chi connectivity index (χ1v) is 6.43. The normalized spacial score (nSPS) is 22.5. The number of aromatic nitrogens is 2. The van der Waals surface area contributed by atoms with E-state index in [1.54, 1.807) is 7.11 Å². The maximum atomic E-state index is 5.77. The second-order valence-electron chi connectivity index (χ2n) is 5.74. The Kier molecular flexibility index (Phi) is 3.59. The Labute approximate surface area is 108 Å². The third-order valence-electron chi connectivity index (χ3n) is 3.58. The molecule has 0 spiro atoms. The van der Waals surface area contributed by atoms with E-state index in [2.05, 4.69) is 29.1 Å². The number of nitrogen functional groups attached to an aromatic ring is 1. The van der Waals surface area contributed by atoms with Crippen LogP contribution in [-0.2, 0) is 0 Å². The minimum Gasteiger partial charge on any atom is -0.490 e. The van der Waals surface area contributed by atoms with E-state index in [-0.39, 0.29) is 0 Å². The molecule has 2 rings (SSSR count). The SMILES string of the molecule is COc1c(N)ncnc1NC1CCCC(C)(C)C1. The molecule has 1 fully saturated rings. The van der Waals surface area contributed by atoms with Gasteiger partial charge in [-0.1, -0.05) is 20.3 Å². The quantitative estimate of drug-likeness (QED) is 0.862. The summed E-state index contributed by atoms with van der Waals surface area (Å²) in [6, 6.07) is 0.428. The van der Waals surface area contributed by atoms with E-state index in [0.717, 1.165) is 12.8 Å². The molecule has 3 N–H and O–H groups in total. The van der Waals surface area contributed by atoms with Crippen LogP contribution >= 0.6 is 0 Å². The molecule has 100 valence electrons. The minimum atomic E-state index is 0.380. The van der Waals surface area contributed by atoms with Crippen molar-refractivity contribution in [2.75, 3.05) is 18.2 Å². The zero-order chi connectivity index (χ0) is 13.2. The molecule has 0 saturated heterocycles. The van der Waals surface area contributed by atoms with Gasteiger partial charge in [0.15, 0.2) is 11.6 Å². The molecule has 18 heavy (non-hydrogen) atoms. The number of nitrogens with one attached hydrogen (secondary N) is 1. The van der Waals surface area contributed by atoms with Crippen molar-refractivity contribution >= 4 is 11.6 Å². The second-order valence-corrected chi connectivity index (χ2v) is 5.74. The van der Waals surface area contributed by atoms with Crippen molar-refractivity contribution in [3.8, 4) is 5.75 Å². The largest absolute Gasteiger partial charge is 0.490 e. The van der Waals surface area contributed by atoms with E-state index in [0.29, 0.717) is 28.8 Å². The summed E-state index contributed by atoms with van der Waals surface area (Å²) < 4.78 is 5.26. The molecule has 1 aromatic heterocycles. The van der Waals surface area contributed by atoms with Crippen LogP contribution in [0.15, 0.2) is 6.33 Å². The third-order valence-corrected chi connectivity index (χ3v) is 3.58. The van der Waals surface area contributed by atoms with Crippen molar-refractivity contribution in [2.45, 2.75) is 45.6 Å². The van der Waals surface area contributed by atoms with Crippen LogP contribution in [0.1, 0.15) is 39.5 Å². The summed E-state index contributed by atoms with van der Waals surface area (Å²) in [4.78, 5) is 8.16. The predicted molar refractivity (Wildman–Crippen MR) is 72.7 cm³/mol. The molecule has 1 unspecified atom stereocenters. The summed E-state index contributed by atoms with van der Waals surface area (Å²) in [6.45, 7) is 4.62. The zero-order valence-electron chi connectivity index (χ0n) is 11.4. The van der Waals surface area contributed by atoms with Crippen LogP contribution in [-0.4, -0.2) is 23.1 Å². The standard InChI is InChI=1S/C13H22N4O/c1-13(2)6-4-5-9(7-13)17-12-10(18-3)11(14)15-8-16-12/h8-9H,4-7H2,1-3H3,(H3,14,15,16,17). The van der Waals surface area contributed by atoms with Gasteiger partial charge in [0.25, 0.3) is 0 Å². The molecule has 1 aliphatic rings. The molecule has 1 saturated carbocycles. The van der Waals surface area contributed by atoms with Gasteiger partial charge in [-0.3, -0.25) is 0 Å². The van der Waals surface area contributed by atoms with Gasteiger partial charge in [0, 0.05) is 6.04 Å². The highest BCUT2D eigenvalue weighted by molar-refractivity contribution is 5.61. The summed E-state index contributed by atoms with van der Waals surface area (Å²) in [5.74, 6) is 1.62. The first-order valence-electron chi connectivity index (χ1n) is 6.43. The van der Waals surface area contributed by atoms with E-state index in [1.165, 1.54) is 19.2 Å². The van der Waals surface area contributed by atoms with Gasteiger partial charge in [0.2, 0.25) is 5.75 Å². The Bertz CT molecular complexity index is 419. The molecule has 0 radical (unpaired) electrons. The highest BCUT2D eigenvalue weighted by atomic mass is 16.5. The first-order chi connectivity index (χ1) is 8.52. The Hall–Kier alpha value is -1.52. The maximum absolute atomic E-state index is 5.77.